The molecule has 1 saturated heterocycles. The van der Waals surface area contributed by atoms with Gasteiger partial charge in [0.2, 0.25) is 0 Å². The Morgan fingerprint density at radius 1 is 0.857 bits per heavy atom. The molecule has 180 valence electrons. The van der Waals surface area contributed by atoms with Crippen LogP contribution in [0.3, 0.4) is 0 Å². The molecule has 1 fully saturated rings. The minimum absolute atomic E-state index is 0.0103. The van der Waals surface area contributed by atoms with Crippen molar-refractivity contribution in [1.82, 2.24) is 0 Å². The first kappa shape index (κ1) is 24.7. The number of methoxy groups -OCH3 is 2. The Labute approximate surface area is 215 Å². The van der Waals surface area contributed by atoms with Crippen LogP contribution in [0.4, 0.5) is 5.69 Å². The molecule has 1 atom stereocenters. The highest BCUT2D eigenvalue weighted by molar-refractivity contribution is 6.52. The van der Waals surface area contributed by atoms with Gasteiger partial charge in [0, 0.05) is 11.8 Å². The van der Waals surface area contributed by atoms with Crippen LogP contribution in [-0.2, 0) is 9.59 Å². The minimum Gasteiger partial charge on any atom is -0.508 e. The lowest BCUT2D eigenvalue weighted by atomic mass is 9.94. The van der Waals surface area contributed by atoms with Crippen LogP contribution < -0.4 is 14.4 Å². The normalized spacial score (nSPS) is 17.1. The van der Waals surface area contributed by atoms with Crippen molar-refractivity contribution in [2.75, 3.05) is 19.1 Å². The summed E-state index contributed by atoms with van der Waals surface area (Å²) in [5.41, 5.74) is 0.632. The molecule has 0 saturated carbocycles. The first-order valence-electron chi connectivity index (χ1n) is 10.1. The SMILES string of the molecule is COc1cc(OC)c(/C(O)=C2\C(=O)C(=O)N(c3ccc(Cl)c(Cl)c3)C2c2ccc(O)cc2)cc1Cl. The van der Waals surface area contributed by atoms with Crippen molar-refractivity contribution >= 4 is 57.9 Å². The number of aliphatic hydroxyl groups is 1. The number of halogens is 3. The minimum atomic E-state index is -1.06. The molecule has 1 heterocycles. The number of rotatable bonds is 5. The summed E-state index contributed by atoms with van der Waals surface area (Å²) in [5.74, 6) is -1.85. The summed E-state index contributed by atoms with van der Waals surface area (Å²) in [6.07, 6.45) is 0. The van der Waals surface area contributed by atoms with Crippen molar-refractivity contribution in [1.29, 1.82) is 0 Å². The van der Waals surface area contributed by atoms with Gasteiger partial charge in [-0.2, -0.15) is 0 Å². The summed E-state index contributed by atoms with van der Waals surface area (Å²) in [6.45, 7) is 0. The number of aliphatic hydroxyl groups excluding tert-OH is 1. The predicted molar refractivity (Wildman–Crippen MR) is 134 cm³/mol. The van der Waals surface area contributed by atoms with Crippen LogP contribution in [-0.4, -0.2) is 36.1 Å². The van der Waals surface area contributed by atoms with Crippen LogP contribution in [0.15, 0.2) is 60.2 Å². The van der Waals surface area contributed by atoms with Crippen LogP contribution >= 0.6 is 34.8 Å². The first-order chi connectivity index (χ1) is 16.7. The molecule has 1 unspecified atom stereocenters. The van der Waals surface area contributed by atoms with E-state index in [2.05, 4.69) is 0 Å². The van der Waals surface area contributed by atoms with Crippen molar-refractivity contribution in [2.45, 2.75) is 6.04 Å². The maximum absolute atomic E-state index is 13.3. The Hall–Kier alpha value is -3.39. The predicted octanol–water partition coefficient (Wildman–Crippen LogP) is 6.00. The second kappa shape index (κ2) is 9.70. The molecule has 0 aliphatic carbocycles. The number of hydrogen-bond acceptors (Lipinski definition) is 6. The monoisotopic (exact) mass is 533 g/mol. The largest absolute Gasteiger partial charge is 0.508 e. The van der Waals surface area contributed by atoms with Crippen LogP contribution in [0.5, 0.6) is 17.2 Å². The fourth-order valence-electron chi connectivity index (χ4n) is 3.90. The third-order valence-electron chi connectivity index (χ3n) is 5.56. The summed E-state index contributed by atoms with van der Waals surface area (Å²) in [7, 11) is 2.80. The molecule has 0 bridgehead atoms. The lowest BCUT2D eigenvalue weighted by Gasteiger charge is -2.26. The molecule has 1 aliphatic rings. The molecule has 0 radical (unpaired) electrons. The van der Waals surface area contributed by atoms with Crippen molar-refractivity contribution in [3.8, 4) is 17.2 Å². The standard InChI is InChI=1S/C25H18Cl3NO6/c1-34-19-11-20(35-2)18(28)10-15(19)23(31)21-22(12-3-6-14(30)7-4-12)29(25(33)24(21)32)13-5-8-16(26)17(27)9-13/h3-11,22,30-31H,1-2H3/b23-21+. The number of nitrogens with zero attached hydrogens (tertiary/aromatic N) is 1. The van der Waals surface area contributed by atoms with E-state index in [1.807, 2.05) is 0 Å². The number of hydrogen-bond donors (Lipinski definition) is 2. The number of ketones is 1. The van der Waals surface area contributed by atoms with Gasteiger partial charge in [-0.25, -0.2) is 0 Å². The van der Waals surface area contributed by atoms with Gasteiger partial charge < -0.3 is 19.7 Å². The zero-order valence-electron chi connectivity index (χ0n) is 18.4. The highest BCUT2D eigenvalue weighted by atomic mass is 35.5. The van der Waals surface area contributed by atoms with Gasteiger partial charge in [-0.3, -0.25) is 14.5 Å². The average molecular weight is 535 g/mol. The second-order valence-corrected chi connectivity index (χ2v) is 8.77. The molecule has 3 aromatic rings. The third kappa shape index (κ3) is 4.38. The van der Waals surface area contributed by atoms with E-state index < -0.39 is 23.5 Å². The summed E-state index contributed by atoms with van der Waals surface area (Å²) in [6, 6.07) is 12.2. The Morgan fingerprint density at radius 2 is 1.51 bits per heavy atom. The number of phenols is 1. The molecule has 3 aromatic carbocycles. The van der Waals surface area contributed by atoms with Gasteiger partial charge in [-0.1, -0.05) is 46.9 Å². The van der Waals surface area contributed by atoms with E-state index in [1.165, 1.54) is 61.6 Å². The van der Waals surface area contributed by atoms with Crippen LogP contribution in [0.25, 0.3) is 5.76 Å². The number of carbonyl (C=O) groups is 2. The molecule has 1 amide bonds. The Balaban J connectivity index is 1.99. The lowest BCUT2D eigenvalue weighted by molar-refractivity contribution is -0.132. The fourth-order valence-corrected chi connectivity index (χ4v) is 4.43. The number of Topliss-reactive ketones (excluding diaryl/α,β-unsaturated/α-hetero) is 1. The highest BCUT2D eigenvalue weighted by Crippen LogP contribution is 2.45. The number of aromatic hydroxyl groups is 1. The summed E-state index contributed by atoms with van der Waals surface area (Å²) in [4.78, 5) is 27.8. The number of carbonyl (C=O) groups excluding carboxylic acids is 2. The van der Waals surface area contributed by atoms with Crippen molar-refractivity contribution in [2.24, 2.45) is 0 Å². The van der Waals surface area contributed by atoms with Crippen molar-refractivity contribution in [3.05, 3.63) is 86.4 Å². The van der Waals surface area contributed by atoms with E-state index in [0.717, 1.165) is 0 Å². The first-order valence-corrected chi connectivity index (χ1v) is 11.3. The maximum atomic E-state index is 13.3. The Kier molecular flexibility index (Phi) is 6.85. The van der Waals surface area contributed by atoms with Crippen molar-refractivity contribution in [3.63, 3.8) is 0 Å². The number of benzene rings is 3. The van der Waals surface area contributed by atoms with E-state index in [-0.39, 0.29) is 37.7 Å². The van der Waals surface area contributed by atoms with Gasteiger partial charge in [-0.15, -0.1) is 0 Å². The molecule has 4 rings (SSSR count). The Morgan fingerprint density at radius 3 is 2.11 bits per heavy atom. The Bertz CT molecular complexity index is 1370. The van der Waals surface area contributed by atoms with Gasteiger partial charge in [0.1, 0.15) is 23.0 Å². The summed E-state index contributed by atoms with van der Waals surface area (Å²) in [5, 5.41) is 21.7. The smallest absolute Gasteiger partial charge is 0.300 e. The summed E-state index contributed by atoms with van der Waals surface area (Å²) >= 11 is 18.5. The van der Waals surface area contributed by atoms with E-state index in [9.17, 15) is 19.8 Å². The highest BCUT2D eigenvalue weighted by Gasteiger charge is 2.47. The zero-order valence-corrected chi connectivity index (χ0v) is 20.6. The second-order valence-electron chi connectivity index (χ2n) is 7.55. The number of phenolic OH excluding ortho intramolecular Hbond substituents is 1. The van der Waals surface area contributed by atoms with E-state index in [0.29, 0.717) is 17.0 Å². The lowest BCUT2D eigenvalue weighted by Crippen LogP contribution is -2.29. The van der Waals surface area contributed by atoms with Gasteiger partial charge >= 0.3 is 0 Å². The van der Waals surface area contributed by atoms with E-state index in [4.69, 9.17) is 44.3 Å². The number of anilines is 1. The van der Waals surface area contributed by atoms with Gasteiger partial charge in [-0.05, 0) is 42.0 Å². The van der Waals surface area contributed by atoms with Crippen LogP contribution in [0, 0.1) is 0 Å². The molecule has 35 heavy (non-hydrogen) atoms. The quantitative estimate of drug-likeness (QED) is 0.237. The van der Waals surface area contributed by atoms with Gasteiger partial charge in [0.15, 0.2) is 0 Å². The maximum Gasteiger partial charge on any atom is 0.300 e. The molecular weight excluding hydrogens is 517 g/mol. The van der Waals surface area contributed by atoms with Crippen molar-refractivity contribution < 1.29 is 29.3 Å². The van der Waals surface area contributed by atoms with Gasteiger partial charge in [0.05, 0.1) is 46.5 Å². The molecule has 0 spiro atoms. The topological polar surface area (TPSA) is 96.3 Å². The number of ether oxygens (including phenoxy) is 2. The zero-order chi connectivity index (χ0) is 25.4. The van der Waals surface area contributed by atoms with Crippen LogP contribution in [0.1, 0.15) is 17.2 Å². The van der Waals surface area contributed by atoms with E-state index in [1.54, 1.807) is 12.1 Å². The molecule has 0 aromatic heterocycles. The number of amides is 1. The van der Waals surface area contributed by atoms with E-state index >= 15 is 0 Å². The molecular formula is C25H18Cl3NO6. The molecule has 7 nitrogen and oxygen atoms in total. The van der Waals surface area contributed by atoms with Crippen LogP contribution in [0.2, 0.25) is 15.1 Å². The molecule has 2 N–H and O–H groups in total. The third-order valence-corrected chi connectivity index (χ3v) is 6.60. The molecule has 1 aliphatic heterocycles. The fraction of sp³-hybridized carbons (Fsp3) is 0.120. The summed E-state index contributed by atoms with van der Waals surface area (Å²) < 4.78 is 10.6. The molecule has 10 heteroatoms. The van der Waals surface area contributed by atoms with Gasteiger partial charge in [0.25, 0.3) is 11.7 Å². The average Bonchev–Trinajstić information content (AvgIpc) is 3.11.